The van der Waals surface area contributed by atoms with Crippen LogP contribution in [0.3, 0.4) is 0 Å². The van der Waals surface area contributed by atoms with Crippen molar-refractivity contribution in [2.24, 2.45) is 0 Å². The van der Waals surface area contributed by atoms with Crippen LogP contribution in [0.5, 0.6) is 0 Å². The van der Waals surface area contributed by atoms with E-state index in [-0.39, 0.29) is 17.1 Å². The average molecular weight is 467 g/mol. The predicted octanol–water partition coefficient (Wildman–Crippen LogP) is 5.63. The Bertz CT molecular complexity index is 1010. The fourth-order valence-corrected chi connectivity index (χ4v) is 3.57. The summed E-state index contributed by atoms with van der Waals surface area (Å²) in [6.45, 7) is 1.71. The number of carbonyl (C=O) groups excluding carboxylic acids is 2. The number of ether oxygens (including phenoxy) is 1. The molecule has 27 heavy (non-hydrogen) atoms. The lowest BCUT2D eigenvalue weighted by atomic mass is 10.0. The number of hydrogen-bond acceptors (Lipinski definition) is 3. The van der Waals surface area contributed by atoms with Crippen LogP contribution in [-0.2, 0) is 14.3 Å². The summed E-state index contributed by atoms with van der Waals surface area (Å²) in [6.07, 6.45) is 1.61. The molecule has 1 heterocycles. The highest BCUT2D eigenvalue weighted by atomic mass is 79.9. The lowest BCUT2D eigenvalue weighted by Gasteiger charge is -2.18. The molecule has 0 atom stereocenters. The molecule has 0 radical (unpaired) electrons. The van der Waals surface area contributed by atoms with Crippen LogP contribution in [0, 0.1) is 0 Å². The third kappa shape index (κ3) is 3.81. The summed E-state index contributed by atoms with van der Waals surface area (Å²) >= 11 is 15.4. The van der Waals surface area contributed by atoms with E-state index in [0.29, 0.717) is 27.0 Å². The van der Waals surface area contributed by atoms with Crippen LogP contribution >= 0.6 is 39.1 Å². The average Bonchev–Trinajstić information content (AvgIpc) is 2.87. The second-order valence-electron chi connectivity index (χ2n) is 5.80. The van der Waals surface area contributed by atoms with Crippen molar-refractivity contribution < 1.29 is 14.3 Å². The molecule has 0 saturated carbocycles. The van der Waals surface area contributed by atoms with Gasteiger partial charge in [-0.2, -0.15) is 0 Å². The molecule has 0 bridgehead atoms. The first-order chi connectivity index (χ1) is 12.8. The number of methoxy groups -OCH3 is 1. The molecule has 1 aliphatic heterocycles. The maximum atomic E-state index is 13.1. The molecule has 4 nitrogen and oxygen atoms in total. The molecule has 0 spiro atoms. The van der Waals surface area contributed by atoms with E-state index in [2.05, 4.69) is 15.9 Å². The largest absolute Gasteiger partial charge is 0.465 e. The fourth-order valence-electron chi connectivity index (χ4n) is 2.87. The van der Waals surface area contributed by atoms with Gasteiger partial charge in [0, 0.05) is 10.2 Å². The Balaban J connectivity index is 2.15. The van der Waals surface area contributed by atoms with Crippen molar-refractivity contribution in [1.82, 2.24) is 0 Å². The molecule has 3 rings (SSSR count). The van der Waals surface area contributed by atoms with Crippen LogP contribution in [0.2, 0.25) is 10.0 Å². The molecule has 0 N–H and O–H groups in total. The zero-order valence-corrected chi connectivity index (χ0v) is 17.5. The van der Waals surface area contributed by atoms with Crippen LogP contribution in [0.25, 0.3) is 6.08 Å². The molecule has 2 aromatic rings. The Morgan fingerprint density at radius 3 is 2.52 bits per heavy atom. The minimum Gasteiger partial charge on any atom is -0.465 e. The van der Waals surface area contributed by atoms with Crippen LogP contribution in [0.4, 0.5) is 5.69 Å². The third-order valence-electron chi connectivity index (χ3n) is 4.11. The van der Waals surface area contributed by atoms with Gasteiger partial charge in [0.2, 0.25) is 0 Å². The second kappa shape index (κ2) is 7.89. The van der Waals surface area contributed by atoms with Crippen molar-refractivity contribution in [3.05, 3.63) is 79.4 Å². The van der Waals surface area contributed by atoms with E-state index in [0.717, 1.165) is 4.47 Å². The number of carbonyl (C=O) groups is 2. The van der Waals surface area contributed by atoms with Crippen molar-refractivity contribution in [3.8, 4) is 0 Å². The number of anilines is 1. The fraction of sp³-hybridized carbons (Fsp3) is 0.100. The maximum Gasteiger partial charge on any atom is 0.340 e. The molecule has 0 aromatic heterocycles. The molecule has 0 aliphatic carbocycles. The number of allylic oxidation sites excluding steroid dienone is 1. The van der Waals surface area contributed by atoms with Crippen LogP contribution < -0.4 is 4.90 Å². The quantitative estimate of drug-likeness (QED) is 0.434. The van der Waals surface area contributed by atoms with Gasteiger partial charge >= 0.3 is 5.97 Å². The lowest BCUT2D eigenvalue weighted by molar-refractivity contribution is -0.136. The smallest absolute Gasteiger partial charge is 0.340 e. The zero-order chi connectivity index (χ0) is 19.7. The van der Waals surface area contributed by atoms with E-state index in [1.165, 1.54) is 12.0 Å². The Hall–Kier alpha value is -2.08. The molecule has 2 aromatic carbocycles. The van der Waals surface area contributed by atoms with Gasteiger partial charge in [-0.1, -0.05) is 51.3 Å². The van der Waals surface area contributed by atoms with Gasteiger partial charge in [-0.15, -0.1) is 0 Å². The standard InChI is InChI=1S/C20H14BrCl2NO3/c1-11-18(20(26)27-2)15(8-12-6-7-16(22)17(23)9-12)19(25)24(11)14-5-3-4-13(21)10-14/h3-10H,1-2H3/b15-8-. The highest BCUT2D eigenvalue weighted by molar-refractivity contribution is 9.10. The van der Waals surface area contributed by atoms with Gasteiger partial charge in [0.05, 0.1) is 34.0 Å². The first kappa shape index (κ1) is 19.7. The topological polar surface area (TPSA) is 46.6 Å². The Morgan fingerprint density at radius 2 is 1.89 bits per heavy atom. The summed E-state index contributed by atoms with van der Waals surface area (Å²) in [7, 11) is 1.28. The van der Waals surface area contributed by atoms with E-state index < -0.39 is 5.97 Å². The predicted molar refractivity (Wildman–Crippen MR) is 111 cm³/mol. The van der Waals surface area contributed by atoms with Crippen molar-refractivity contribution in [3.63, 3.8) is 0 Å². The monoisotopic (exact) mass is 465 g/mol. The molecular weight excluding hydrogens is 453 g/mol. The molecule has 0 unspecified atom stereocenters. The summed E-state index contributed by atoms with van der Waals surface area (Å²) in [5.41, 5.74) is 2.24. The van der Waals surface area contributed by atoms with Gasteiger partial charge in [-0.3, -0.25) is 9.69 Å². The Morgan fingerprint density at radius 1 is 1.15 bits per heavy atom. The van der Waals surface area contributed by atoms with E-state index in [1.807, 2.05) is 12.1 Å². The van der Waals surface area contributed by atoms with E-state index in [4.69, 9.17) is 27.9 Å². The Labute approximate surface area is 175 Å². The summed E-state index contributed by atoms with van der Waals surface area (Å²) < 4.78 is 5.72. The van der Waals surface area contributed by atoms with Gasteiger partial charge in [-0.25, -0.2) is 4.79 Å². The molecule has 7 heteroatoms. The number of hydrogen-bond donors (Lipinski definition) is 0. The van der Waals surface area contributed by atoms with Gasteiger partial charge in [0.25, 0.3) is 5.91 Å². The summed E-state index contributed by atoms with van der Waals surface area (Å²) in [4.78, 5) is 27.0. The second-order valence-corrected chi connectivity index (χ2v) is 7.53. The van der Waals surface area contributed by atoms with E-state index in [1.54, 1.807) is 43.3 Å². The molecule has 138 valence electrons. The van der Waals surface area contributed by atoms with Gasteiger partial charge in [0.15, 0.2) is 0 Å². The summed E-state index contributed by atoms with van der Waals surface area (Å²) in [6, 6.07) is 12.3. The molecule has 1 aliphatic rings. The highest BCUT2D eigenvalue weighted by Gasteiger charge is 2.37. The van der Waals surface area contributed by atoms with Gasteiger partial charge in [0.1, 0.15) is 0 Å². The van der Waals surface area contributed by atoms with Crippen LogP contribution in [-0.4, -0.2) is 19.0 Å². The number of rotatable bonds is 3. The van der Waals surface area contributed by atoms with Crippen molar-refractivity contribution in [2.45, 2.75) is 6.92 Å². The number of benzene rings is 2. The van der Waals surface area contributed by atoms with Gasteiger partial charge in [-0.05, 0) is 48.9 Å². The summed E-state index contributed by atoms with van der Waals surface area (Å²) in [5.74, 6) is -0.901. The number of esters is 1. The van der Waals surface area contributed by atoms with E-state index >= 15 is 0 Å². The SMILES string of the molecule is COC(=O)C1=C(C)N(c2cccc(Br)c2)C(=O)/C1=C\c1ccc(Cl)c(Cl)c1. The minimum absolute atomic E-state index is 0.216. The first-order valence-electron chi connectivity index (χ1n) is 7.90. The minimum atomic E-state index is -0.579. The molecule has 0 fully saturated rings. The van der Waals surface area contributed by atoms with Crippen LogP contribution in [0.1, 0.15) is 12.5 Å². The van der Waals surface area contributed by atoms with Gasteiger partial charge < -0.3 is 4.74 Å². The highest BCUT2D eigenvalue weighted by Crippen LogP contribution is 2.36. The van der Waals surface area contributed by atoms with Crippen LogP contribution in [0.15, 0.2) is 63.8 Å². The van der Waals surface area contributed by atoms with E-state index in [9.17, 15) is 9.59 Å². The molecule has 0 saturated heterocycles. The zero-order valence-electron chi connectivity index (χ0n) is 14.4. The first-order valence-corrected chi connectivity index (χ1v) is 9.44. The van der Waals surface area contributed by atoms with Crippen molar-refractivity contribution >= 4 is 62.8 Å². The maximum absolute atomic E-state index is 13.1. The summed E-state index contributed by atoms with van der Waals surface area (Å²) in [5, 5.41) is 0.771. The number of nitrogens with zero attached hydrogens (tertiary/aromatic N) is 1. The molecule has 1 amide bonds. The third-order valence-corrected chi connectivity index (χ3v) is 5.34. The van der Waals surface area contributed by atoms with Crippen molar-refractivity contribution in [1.29, 1.82) is 0 Å². The Kier molecular flexibility index (Phi) is 5.75. The lowest BCUT2D eigenvalue weighted by Crippen LogP contribution is -2.24. The number of halogens is 3. The normalized spacial score (nSPS) is 15.7. The number of amides is 1. The molecular formula is C20H14BrCl2NO3. The van der Waals surface area contributed by atoms with Crippen molar-refractivity contribution in [2.75, 3.05) is 12.0 Å².